The number of likely N-dealkylation sites (tertiary alicyclic amines) is 1. The van der Waals surface area contributed by atoms with Crippen LogP contribution in [-0.4, -0.2) is 48.0 Å². The van der Waals surface area contributed by atoms with Crippen LogP contribution in [0.2, 0.25) is 0 Å². The van der Waals surface area contributed by atoms with Gasteiger partial charge in [-0.25, -0.2) is 9.78 Å². The highest BCUT2D eigenvalue weighted by Crippen LogP contribution is 2.18. The van der Waals surface area contributed by atoms with Crippen molar-refractivity contribution in [1.29, 1.82) is 0 Å². The molecule has 0 bridgehead atoms. The molecule has 0 radical (unpaired) electrons. The summed E-state index contributed by atoms with van der Waals surface area (Å²) in [5, 5.41) is 5.22. The molecule has 1 amide bonds. The number of aromatic nitrogens is 1. The molecule has 1 unspecified atom stereocenters. The lowest BCUT2D eigenvalue weighted by Gasteiger charge is -2.29. The Morgan fingerprint density at radius 3 is 2.75 bits per heavy atom. The second-order valence-corrected chi connectivity index (χ2v) is 5.64. The lowest BCUT2D eigenvalue weighted by Crippen LogP contribution is -2.43. The summed E-state index contributed by atoms with van der Waals surface area (Å²) >= 11 is 1.29. The number of nitrogens with one attached hydrogen (secondary N) is 1. The maximum absolute atomic E-state index is 12.2. The summed E-state index contributed by atoms with van der Waals surface area (Å²) < 4.78 is 4.60. The normalized spacial score (nSPS) is 16.6. The molecule has 1 N–H and O–H groups in total. The van der Waals surface area contributed by atoms with E-state index in [1.54, 1.807) is 5.38 Å². The Balaban J connectivity index is 1.93. The number of amides is 1. The summed E-state index contributed by atoms with van der Waals surface area (Å²) in [6.45, 7) is 3.47. The first-order valence-corrected chi connectivity index (χ1v) is 7.59. The number of methoxy groups -OCH3 is 1. The van der Waals surface area contributed by atoms with E-state index >= 15 is 0 Å². The lowest BCUT2D eigenvalue weighted by atomic mass is 10.1. The number of thiazole rings is 1. The number of piperidine rings is 1. The fourth-order valence-electron chi connectivity index (χ4n) is 2.17. The molecule has 1 aliphatic rings. The van der Waals surface area contributed by atoms with Gasteiger partial charge in [0, 0.05) is 18.5 Å². The predicted octanol–water partition coefficient (Wildman–Crippen LogP) is 1.74. The van der Waals surface area contributed by atoms with Crippen LogP contribution < -0.4 is 5.32 Å². The molecule has 0 spiro atoms. The van der Waals surface area contributed by atoms with Gasteiger partial charge in [-0.1, -0.05) is 0 Å². The van der Waals surface area contributed by atoms with Gasteiger partial charge >= 0.3 is 5.97 Å². The van der Waals surface area contributed by atoms with Crippen LogP contribution in [0.1, 0.15) is 36.7 Å². The van der Waals surface area contributed by atoms with Gasteiger partial charge in [-0.05, 0) is 26.2 Å². The molecule has 2 heterocycles. The molecule has 0 aliphatic carbocycles. The van der Waals surface area contributed by atoms with Crippen LogP contribution in [0, 0.1) is 0 Å². The van der Waals surface area contributed by atoms with Gasteiger partial charge in [-0.3, -0.25) is 4.79 Å². The molecule has 1 aromatic heterocycles. The SMILES string of the molecule is COC(=O)c1csc(NC(C)C(=O)N2CCCCC2)n1. The third kappa shape index (κ3) is 3.47. The van der Waals surface area contributed by atoms with E-state index in [0.29, 0.717) is 5.13 Å². The molecule has 6 nitrogen and oxygen atoms in total. The number of rotatable bonds is 4. The van der Waals surface area contributed by atoms with E-state index in [0.717, 1.165) is 25.9 Å². The minimum atomic E-state index is -0.468. The van der Waals surface area contributed by atoms with Crippen LogP contribution >= 0.6 is 11.3 Å². The van der Waals surface area contributed by atoms with Gasteiger partial charge in [0.2, 0.25) is 5.91 Å². The molecule has 1 atom stereocenters. The molecule has 1 aliphatic heterocycles. The monoisotopic (exact) mass is 297 g/mol. The quantitative estimate of drug-likeness (QED) is 0.857. The fourth-order valence-corrected chi connectivity index (χ4v) is 2.94. The summed E-state index contributed by atoms with van der Waals surface area (Å²) in [4.78, 5) is 29.6. The Hall–Kier alpha value is -1.63. The maximum atomic E-state index is 12.2. The molecule has 2 rings (SSSR count). The molecule has 1 aromatic rings. The second kappa shape index (κ2) is 6.69. The predicted molar refractivity (Wildman–Crippen MR) is 77.0 cm³/mol. The number of hydrogen-bond donors (Lipinski definition) is 1. The molecule has 0 aromatic carbocycles. The molecular weight excluding hydrogens is 278 g/mol. The van der Waals surface area contributed by atoms with Gasteiger partial charge in [0.25, 0.3) is 0 Å². The zero-order valence-electron chi connectivity index (χ0n) is 11.7. The Morgan fingerprint density at radius 2 is 2.10 bits per heavy atom. The van der Waals surface area contributed by atoms with Gasteiger partial charge < -0.3 is 15.0 Å². The highest BCUT2D eigenvalue weighted by Gasteiger charge is 2.23. The number of esters is 1. The zero-order chi connectivity index (χ0) is 14.5. The van der Waals surface area contributed by atoms with Crippen LogP contribution in [0.25, 0.3) is 0 Å². The number of carbonyl (C=O) groups excluding carboxylic acids is 2. The topological polar surface area (TPSA) is 71.5 Å². The average molecular weight is 297 g/mol. The number of hydrogen-bond acceptors (Lipinski definition) is 6. The number of anilines is 1. The summed E-state index contributed by atoms with van der Waals surface area (Å²) in [6.07, 6.45) is 3.34. The van der Waals surface area contributed by atoms with E-state index in [9.17, 15) is 9.59 Å². The Bertz CT molecular complexity index is 483. The van der Waals surface area contributed by atoms with Crippen LogP contribution in [-0.2, 0) is 9.53 Å². The van der Waals surface area contributed by atoms with Crippen molar-refractivity contribution in [3.05, 3.63) is 11.1 Å². The van der Waals surface area contributed by atoms with Crippen LogP contribution in [0.15, 0.2) is 5.38 Å². The van der Waals surface area contributed by atoms with E-state index in [-0.39, 0.29) is 17.6 Å². The first-order chi connectivity index (χ1) is 9.61. The minimum absolute atomic E-state index is 0.0829. The van der Waals surface area contributed by atoms with Crippen molar-refractivity contribution >= 4 is 28.3 Å². The third-order valence-corrected chi connectivity index (χ3v) is 4.05. The molecule has 7 heteroatoms. The van der Waals surface area contributed by atoms with Gasteiger partial charge in [0.1, 0.15) is 6.04 Å². The second-order valence-electron chi connectivity index (χ2n) is 4.78. The Labute approximate surface area is 122 Å². The van der Waals surface area contributed by atoms with Crippen molar-refractivity contribution in [2.45, 2.75) is 32.2 Å². The highest BCUT2D eigenvalue weighted by atomic mass is 32.1. The van der Waals surface area contributed by atoms with Crippen LogP contribution in [0.5, 0.6) is 0 Å². The summed E-state index contributed by atoms with van der Waals surface area (Å²) in [7, 11) is 1.32. The highest BCUT2D eigenvalue weighted by molar-refractivity contribution is 7.13. The van der Waals surface area contributed by atoms with Crippen LogP contribution in [0.3, 0.4) is 0 Å². The molecule has 20 heavy (non-hydrogen) atoms. The maximum Gasteiger partial charge on any atom is 0.357 e. The summed E-state index contributed by atoms with van der Waals surface area (Å²) in [5.41, 5.74) is 0.262. The van der Waals surface area contributed by atoms with Crippen molar-refractivity contribution in [3.8, 4) is 0 Å². The molecule has 110 valence electrons. The Kier molecular flexibility index (Phi) is 4.94. The molecule has 1 saturated heterocycles. The van der Waals surface area contributed by atoms with Crippen molar-refractivity contribution in [1.82, 2.24) is 9.88 Å². The molecular formula is C13H19N3O3S. The fraction of sp³-hybridized carbons (Fsp3) is 0.615. The van der Waals surface area contributed by atoms with Crippen molar-refractivity contribution < 1.29 is 14.3 Å². The van der Waals surface area contributed by atoms with E-state index < -0.39 is 5.97 Å². The first-order valence-electron chi connectivity index (χ1n) is 6.71. The third-order valence-electron chi connectivity index (χ3n) is 3.28. The zero-order valence-corrected chi connectivity index (χ0v) is 12.5. The number of carbonyl (C=O) groups is 2. The Morgan fingerprint density at radius 1 is 1.40 bits per heavy atom. The van der Waals surface area contributed by atoms with Gasteiger partial charge in [-0.15, -0.1) is 11.3 Å². The van der Waals surface area contributed by atoms with Gasteiger partial charge in [0.15, 0.2) is 10.8 Å². The smallest absolute Gasteiger partial charge is 0.357 e. The van der Waals surface area contributed by atoms with Crippen molar-refractivity contribution in [2.24, 2.45) is 0 Å². The minimum Gasteiger partial charge on any atom is -0.464 e. The van der Waals surface area contributed by atoms with Crippen LogP contribution in [0.4, 0.5) is 5.13 Å². The summed E-state index contributed by atoms with van der Waals surface area (Å²) in [5.74, 6) is -0.385. The first kappa shape index (κ1) is 14.8. The number of nitrogens with zero attached hydrogens (tertiary/aromatic N) is 2. The van der Waals surface area contributed by atoms with E-state index in [4.69, 9.17) is 0 Å². The largest absolute Gasteiger partial charge is 0.464 e. The number of ether oxygens (including phenoxy) is 1. The van der Waals surface area contributed by atoms with Crippen molar-refractivity contribution in [2.75, 3.05) is 25.5 Å². The lowest BCUT2D eigenvalue weighted by molar-refractivity contribution is -0.132. The van der Waals surface area contributed by atoms with E-state index in [1.165, 1.54) is 24.9 Å². The van der Waals surface area contributed by atoms with E-state index in [2.05, 4.69) is 15.0 Å². The average Bonchev–Trinajstić information content (AvgIpc) is 2.95. The molecule has 1 fully saturated rings. The van der Waals surface area contributed by atoms with Gasteiger partial charge in [-0.2, -0.15) is 0 Å². The summed E-state index contributed by atoms with van der Waals surface area (Å²) in [6, 6.07) is -0.343. The van der Waals surface area contributed by atoms with Gasteiger partial charge in [0.05, 0.1) is 7.11 Å². The van der Waals surface area contributed by atoms with Crippen molar-refractivity contribution in [3.63, 3.8) is 0 Å². The molecule has 0 saturated carbocycles. The standard InChI is InChI=1S/C13H19N3O3S/c1-9(11(17)16-6-4-3-5-7-16)14-13-15-10(8-20-13)12(18)19-2/h8-9H,3-7H2,1-2H3,(H,14,15). The van der Waals surface area contributed by atoms with E-state index in [1.807, 2.05) is 11.8 Å².